The molecule has 7 rings (SSSR count). The number of carbonyl (C=O) groups is 3. The Labute approximate surface area is 416 Å². The predicted molar refractivity (Wildman–Crippen MR) is 277 cm³/mol. The van der Waals surface area contributed by atoms with Gasteiger partial charge in [0.25, 0.3) is 0 Å². The van der Waals surface area contributed by atoms with Crippen molar-refractivity contribution < 1.29 is 29.1 Å². The number of hydrazine groups is 1. The van der Waals surface area contributed by atoms with Gasteiger partial charge in [-0.3, -0.25) is 29.6 Å². The normalized spacial score (nSPS) is 18.9. The number of nitrogens with zero attached hydrogens (tertiary/aromatic N) is 6. The third-order valence-corrected chi connectivity index (χ3v) is 13.5. The Balaban J connectivity index is 0.000000669. The number of nitriles is 1. The first-order valence-corrected chi connectivity index (χ1v) is 24.7. The zero-order chi connectivity index (χ0) is 51.0. The Bertz CT molecular complexity index is 2340. The summed E-state index contributed by atoms with van der Waals surface area (Å²) in [6.45, 7) is 28.6. The quantitative estimate of drug-likeness (QED) is 0.0630. The van der Waals surface area contributed by atoms with Gasteiger partial charge in [0.1, 0.15) is 37.1 Å². The number of likely N-dealkylation sites (tertiary alicyclic amines) is 1. The van der Waals surface area contributed by atoms with Crippen molar-refractivity contribution >= 4 is 29.9 Å². The molecule has 0 aliphatic carbocycles. The van der Waals surface area contributed by atoms with E-state index in [1.807, 2.05) is 58.0 Å². The number of anilines is 1. The second-order valence-corrected chi connectivity index (χ2v) is 19.6. The Hall–Kier alpha value is -5.89. The highest BCUT2D eigenvalue weighted by Gasteiger charge is 2.28. The van der Waals surface area contributed by atoms with Crippen LogP contribution in [0.4, 0.5) is 5.69 Å². The summed E-state index contributed by atoms with van der Waals surface area (Å²) in [4.78, 5) is 44.0. The van der Waals surface area contributed by atoms with E-state index in [1.165, 1.54) is 32.5 Å². The van der Waals surface area contributed by atoms with Gasteiger partial charge in [0.15, 0.2) is 12.1 Å². The van der Waals surface area contributed by atoms with Crippen LogP contribution in [0.5, 0.6) is 11.5 Å². The van der Waals surface area contributed by atoms with Crippen molar-refractivity contribution in [2.75, 3.05) is 77.5 Å². The molecule has 1 amide bonds. The van der Waals surface area contributed by atoms with Gasteiger partial charge < -0.3 is 29.8 Å². The summed E-state index contributed by atoms with van der Waals surface area (Å²) in [5, 5.41) is 26.3. The lowest BCUT2D eigenvalue weighted by atomic mass is 9.77. The first-order valence-electron chi connectivity index (χ1n) is 24.7. The second-order valence-electron chi connectivity index (χ2n) is 19.6. The molecule has 4 aliphatic heterocycles. The molecular weight excluding hydrogens is 883 g/mol. The summed E-state index contributed by atoms with van der Waals surface area (Å²) >= 11 is 0. The maximum Gasteiger partial charge on any atom is 0.226 e. The fraction of sp³-hybridized carbons (Fsp3) is 0.509. The smallest absolute Gasteiger partial charge is 0.226 e. The molecule has 15 nitrogen and oxygen atoms in total. The third-order valence-electron chi connectivity index (χ3n) is 13.5. The number of ether oxygens (including phenoxy) is 2. The number of aryl methyl sites for hydroxylation is 2. The van der Waals surface area contributed by atoms with Gasteiger partial charge in [-0.1, -0.05) is 59.4 Å². The Morgan fingerprint density at radius 1 is 1.00 bits per heavy atom. The molecule has 0 aromatic heterocycles. The number of ketones is 1. The van der Waals surface area contributed by atoms with Crippen LogP contribution in [-0.2, 0) is 15.0 Å². The molecule has 4 N–H and O–H groups in total. The van der Waals surface area contributed by atoms with Gasteiger partial charge in [-0.05, 0) is 130 Å². The summed E-state index contributed by atoms with van der Waals surface area (Å²) < 4.78 is 12.4. The fourth-order valence-electron chi connectivity index (χ4n) is 9.05. The Kier molecular flexibility index (Phi) is 20.7. The topological polar surface area (TPSA) is 175 Å². The summed E-state index contributed by atoms with van der Waals surface area (Å²) in [5.41, 5.74) is 10.9. The minimum atomic E-state index is -0.473. The number of aldehydes is 1. The number of aliphatic imine (C=N–C) groups is 1. The van der Waals surface area contributed by atoms with Crippen LogP contribution in [0.25, 0.3) is 0 Å². The number of hydrogen-bond donors (Lipinski definition) is 4. The van der Waals surface area contributed by atoms with E-state index in [0.29, 0.717) is 30.4 Å². The Morgan fingerprint density at radius 2 is 1.69 bits per heavy atom. The zero-order valence-electron chi connectivity index (χ0n) is 43.0. The number of hydrogen-bond acceptors (Lipinski definition) is 14. The average Bonchev–Trinajstić information content (AvgIpc) is 3.33. The third kappa shape index (κ3) is 15.8. The van der Waals surface area contributed by atoms with Gasteiger partial charge in [-0.2, -0.15) is 10.7 Å². The lowest BCUT2D eigenvalue weighted by Gasteiger charge is -2.39. The van der Waals surface area contributed by atoms with Gasteiger partial charge in [-0.15, -0.1) is 5.17 Å². The molecule has 70 heavy (non-hydrogen) atoms. The zero-order valence-corrected chi connectivity index (χ0v) is 43.0. The maximum absolute atomic E-state index is 12.5. The van der Waals surface area contributed by atoms with Crippen molar-refractivity contribution in [3.05, 3.63) is 112 Å². The van der Waals surface area contributed by atoms with Crippen LogP contribution in [0.1, 0.15) is 105 Å². The molecule has 2 atom stereocenters. The van der Waals surface area contributed by atoms with Crippen molar-refractivity contribution in [2.24, 2.45) is 22.7 Å². The van der Waals surface area contributed by atoms with E-state index >= 15 is 0 Å². The summed E-state index contributed by atoms with van der Waals surface area (Å²) in [7, 11) is 1.48. The van der Waals surface area contributed by atoms with E-state index in [1.54, 1.807) is 6.21 Å². The molecule has 0 spiro atoms. The fourth-order valence-corrected chi connectivity index (χ4v) is 9.05. The largest absolute Gasteiger partial charge is 0.491 e. The SMILES string of the molecule is C=C1CCC(C)C(=O)N1.CC=O.Cc1cc(N2CCN(CC3CCN(CCOc4c(C)cc(C(C)(C)c5ccc(OCC6=CC=NC(NN(C)O)N6)cc5)cc4C#N)CC3)CC2)ccc1C(=O)C(C)C. The molecule has 0 saturated carbocycles. The molecule has 0 bridgehead atoms. The minimum Gasteiger partial charge on any atom is -0.491 e. The van der Waals surface area contributed by atoms with E-state index in [0.717, 1.165) is 122 Å². The number of hydroxylamine groups is 1. The lowest BCUT2D eigenvalue weighted by Crippen LogP contribution is -2.49. The Morgan fingerprint density at radius 3 is 2.29 bits per heavy atom. The van der Waals surface area contributed by atoms with E-state index in [4.69, 9.17) is 14.3 Å². The molecule has 0 radical (unpaired) electrons. The van der Waals surface area contributed by atoms with Crippen LogP contribution in [0.2, 0.25) is 0 Å². The predicted octanol–water partition coefficient (Wildman–Crippen LogP) is 7.55. The van der Waals surface area contributed by atoms with Crippen molar-refractivity contribution in [3.8, 4) is 17.6 Å². The number of nitrogens with one attached hydrogen (secondary N) is 3. The highest BCUT2D eigenvalue weighted by atomic mass is 16.5. The monoisotopic (exact) mass is 960 g/mol. The van der Waals surface area contributed by atoms with Crippen LogP contribution in [0.15, 0.2) is 83.6 Å². The van der Waals surface area contributed by atoms with Crippen molar-refractivity contribution in [3.63, 3.8) is 0 Å². The minimum absolute atomic E-state index is 0.0119. The van der Waals surface area contributed by atoms with Crippen LogP contribution < -0.4 is 30.4 Å². The first kappa shape index (κ1) is 55.0. The molecular formula is C55H77N9O6. The van der Waals surface area contributed by atoms with E-state index in [-0.39, 0.29) is 28.9 Å². The highest BCUT2D eigenvalue weighted by Crippen LogP contribution is 2.37. The van der Waals surface area contributed by atoms with E-state index in [2.05, 4.69) is 99.5 Å². The van der Waals surface area contributed by atoms with Gasteiger partial charge in [0.05, 0.1) is 11.3 Å². The number of rotatable bonds is 16. The molecule has 3 saturated heterocycles. The van der Waals surface area contributed by atoms with Gasteiger partial charge in [0.2, 0.25) is 5.91 Å². The van der Waals surface area contributed by atoms with Gasteiger partial charge in [-0.25, -0.2) is 0 Å². The van der Waals surface area contributed by atoms with Crippen LogP contribution in [0.3, 0.4) is 0 Å². The van der Waals surface area contributed by atoms with Crippen molar-refractivity contribution in [1.29, 1.82) is 5.26 Å². The average molecular weight is 960 g/mol. The van der Waals surface area contributed by atoms with Crippen molar-refractivity contribution in [1.82, 2.24) is 31.0 Å². The van der Waals surface area contributed by atoms with Crippen LogP contribution >= 0.6 is 0 Å². The molecule has 3 aromatic rings. The van der Waals surface area contributed by atoms with E-state index < -0.39 is 6.29 Å². The van der Waals surface area contributed by atoms with Gasteiger partial charge in [0, 0.05) is 86.7 Å². The summed E-state index contributed by atoms with van der Waals surface area (Å²) in [5.74, 6) is 2.64. The number of benzene rings is 3. The maximum atomic E-state index is 12.5. The second kappa shape index (κ2) is 26.4. The number of amides is 1. The standard InChI is InChI=1S/C46H62N8O4.C7H11NO.C2H4O/c1-32(2)43(55)42-13-10-40(27-33(42)3)54-22-20-53(21-23-54)30-35-15-18-52(19-16-35)24-25-57-44-34(4)26-38(28-36(44)29-47)46(5,6)37-8-11-41(12-9-37)58-31-39-14-17-48-45(49-39)50-51(7)56;1-5-3-4-6(2)8-7(5)9;1-2-3/h8-14,17,26-28,32,35,45,49-50,56H,15-16,18-25,30-31H2,1-7H3;5H,2-4H2,1H3,(H,8,9);2H,1H3. The summed E-state index contributed by atoms with van der Waals surface area (Å²) in [6, 6.07) is 20.9. The van der Waals surface area contributed by atoms with Crippen LogP contribution in [-0.4, -0.2) is 123 Å². The number of allylic oxidation sites excluding steroid dienone is 2. The molecule has 4 heterocycles. The number of Topliss-reactive ketones (excluding diaryl/α,β-unsaturated/α-hetero) is 1. The summed E-state index contributed by atoms with van der Waals surface area (Å²) in [6.07, 6.45) is 8.06. The number of piperidine rings is 2. The lowest BCUT2D eigenvalue weighted by molar-refractivity contribution is -0.125. The van der Waals surface area contributed by atoms with Crippen LogP contribution in [0, 0.1) is 42.9 Å². The molecule has 3 aromatic carbocycles. The molecule has 2 unspecified atom stereocenters. The molecule has 378 valence electrons. The first-order chi connectivity index (χ1) is 33.4. The number of piperazine rings is 1. The molecule has 4 aliphatic rings. The number of carbonyl (C=O) groups excluding carboxylic acids is 3. The van der Waals surface area contributed by atoms with Crippen molar-refractivity contribution in [2.45, 2.75) is 92.8 Å². The molecule has 3 fully saturated rings. The van der Waals surface area contributed by atoms with E-state index in [9.17, 15) is 20.1 Å². The van der Waals surface area contributed by atoms with Gasteiger partial charge >= 0.3 is 0 Å². The highest BCUT2D eigenvalue weighted by molar-refractivity contribution is 5.99. The molecule has 15 heteroatoms.